The summed E-state index contributed by atoms with van der Waals surface area (Å²) < 4.78 is 0. The van der Waals surface area contributed by atoms with Gasteiger partial charge in [0.15, 0.2) is 5.54 Å². The van der Waals surface area contributed by atoms with Crippen LogP contribution in [0.5, 0.6) is 0 Å². The van der Waals surface area contributed by atoms with Crippen molar-refractivity contribution in [3.63, 3.8) is 0 Å². The van der Waals surface area contributed by atoms with Crippen molar-refractivity contribution in [3.8, 4) is 0 Å². The number of carbonyl (C=O) groups excluding carboxylic acids is 3. The standard InChI is InChI=1S/C28H25Cl3N4O3/c1-33-11-13-34(14-12-33)17-25(36)32-28(19-7-9-20(29)10-8-19)21-15-22(30)23(31)16-24(21)35(27(28)38)26(37)18-5-3-2-4-6-18/h2-10,15-16H,11-14,17H2,1H3,(H,32,36). The fourth-order valence-corrected chi connectivity index (χ4v) is 5.40. The fourth-order valence-electron chi connectivity index (χ4n) is 4.96. The normalized spacial score (nSPS) is 19.9. The maximum Gasteiger partial charge on any atom is 0.269 e. The third-order valence-electron chi connectivity index (χ3n) is 7.00. The minimum absolute atomic E-state index is 0.0970. The average molecular weight is 572 g/mol. The summed E-state index contributed by atoms with van der Waals surface area (Å²) in [7, 11) is 2.04. The number of carbonyl (C=O) groups is 3. The maximum atomic E-state index is 14.4. The van der Waals surface area contributed by atoms with E-state index in [1.54, 1.807) is 60.7 Å². The van der Waals surface area contributed by atoms with Gasteiger partial charge in [0, 0.05) is 42.3 Å². The Hall–Kier alpha value is -2.94. The van der Waals surface area contributed by atoms with Crippen LogP contribution in [0.2, 0.25) is 15.1 Å². The van der Waals surface area contributed by atoms with Gasteiger partial charge in [-0.05, 0) is 49.0 Å². The first-order chi connectivity index (χ1) is 18.2. The number of hydrogen-bond acceptors (Lipinski definition) is 5. The van der Waals surface area contributed by atoms with Gasteiger partial charge in [0.1, 0.15) is 0 Å². The Morgan fingerprint density at radius 1 is 0.895 bits per heavy atom. The highest BCUT2D eigenvalue weighted by Gasteiger charge is 2.55. The predicted octanol–water partition coefficient (Wildman–Crippen LogP) is 4.44. The van der Waals surface area contributed by atoms with E-state index in [-0.39, 0.29) is 28.2 Å². The van der Waals surface area contributed by atoms with Crippen molar-refractivity contribution in [2.45, 2.75) is 5.54 Å². The molecule has 7 nitrogen and oxygen atoms in total. The van der Waals surface area contributed by atoms with Gasteiger partial charge in [-0.3, -0.25) is 19.3 Å². The molecule has 2 heterocycles. The van der Waals surface area contributed by atoms with Crippen LogP contribution in [-0.2, 0) is 15.1 Å². The number of likely N-dealkylation sites (N-methyl/N-ethyl adjacent to an activating group) is 1. The SMILES string of the molecule is CN1CCN(CC(=O)NC2(c3ccc(Cl)cc3)C(=O)N(C(=O)c3ccccc3)c3cc(Cl)c(Cl)cc32)CC1. The van der Waals surface area contributed by atoms with Gasteiger partial charge in [0.25, 0.3) is 11.8 Å². The second kappa shape index (κ2) is 10.7. The number of halogens is 3. The van der Waals surface area contributed by atoms with Crippen LogP contribution in [0.4, 0.5) is 5.69 Å². The number of rotatable bonds is 5. The highest BCUT2D eigenvalue weighted by molar-refractivity contribution is 6.43. The lowest BCUT2D eigenvalue weighted by atomic mass is 9.83. The summed E-state index contributed by atoms with van der Waals surface area (Å²) in [6.45, 7) is 3.22. The first kappa shape index (κ1) is 26.7. The van der Waals surface area contributed by atoms with Gasteiger partial charge in [-0.15, -0.1) is 0 Å². The molecule has 1 saturated heterocycles. The number of amides is 3. The minimum atomic E-state index is -1.72. The van der Waals surface area contributed by atoms with E-state index in [2.05, 4.69) is 10.2 Å². The Labute approximate surface area is 235 Å². The molecule has 0 spiro atoms. The van der Waals surface area contributed by atoms with Gasteiger partial charge in [-0.1, -0.05) is 65.1 Å². The van der Waals surface area contributed by atoms with Gasteiger partial charge < -0.3 is 10.2 Å². The number of benzene rings is 3. The van der Waals surface area contributed by atoms with Gasteiger partial charge in [-0.25, -0.2) is 4.90 Å². The Bertz CT molecular complexity index is 1390. The van der Waals surface area contributed by atoms with Crippen LogP contribution in [0.1, 0.15) is 21.5 Å². The van der Waals surface area contributed by atoms with Crippen LogP contribution < -0.4 is 10.2 Å². The molecular weight excluding hydrogens is 547 g/mol. The first-order valence-electron chi connectivity index (χ1n) is 12.1. The molecule has 0 bridgehead atoms. The molecule has 2 aliphatic rings. The molecule has 1 N–H and O–H groups in total. The lowest BCUT2D eigenvalue weighted by Gasteiger charge is -2.34. The largest absolute Gasteiger partial charge is 0.333 e. The van der Waals surface area contributed by atoms with E-state index in [0.29, 0.717) is 21.7 Å². The van der Waals surface area contributed by atoms with E-state index in [9.17, 15) is 14.4 Å². The molecule has 2 aliphatic heterocycles. The lowest BCUT2D eigenvalue weighted by Crippen LogP contribution is -2.57. The third-order valence-corrected chi connectivity index (χ3v) is 7.97. The Kier molecular flexibility index (Phi) is 7.49. The number of nitrogens with one attached hydrogen (secondary N) is 1. The summed E-state index contributed by atoms with van der Waals surface area (Å²) in [4.78, 5) is 47.0. The third kappa shape index (κ3) is 4.81. The molecule has 0 saturated carbocycles. The summed E-state index contributed by atoms with van der Waals surface area (Å²) in [6, 6.07) is 18.1. The number of anilines is 1. The number of fused-ring (bicyclic) bond motifs is 1. The monoisotopic (exact) mass is 570 g/mol. The Morgan fingerprint density at radius 2 is 1.53 bits per heavy atom. The second-order valence-electron chi connectivity index (χ2n) is 9.48. The molecule has 196 valence electrons. The van der Waals surface area contributed by atoms with Gasteiger partial charge in [0.05, 0.1) is 22.3 Å². The molecule has 3 aromatic rings. The highest BCUT2D eigenvalue weighted by atomic mass is 35.5. The molecule has 3 amide bonds. The second-order valence-corrected chi connectivity index (χ2v) is 10.7. The van der Waals surface area contributed by atoms with E-state index in [4.69, 9.17) is 34.8 Å². The van der Waals surface area contributed by atoms with Crippen LogP contribution in [0, 0.1) is 0 Å². The van der Waals surface area contributed by atoms with Crippen molar-refractivity contribution in [2.75, 3.05) is 44.7 Å². The molecule has 5 rings (SSSR count). The summed E-state index contributed by atoms with van der Waals surface area (Å²) in [5.74, 6) is -1.53. The van der Waals surface area contributed by atoms with E-state index < -0.39 is 17.4 Å². The van der Waals surface area contributed by atoms with Gasteiger partial charge in [-0.2, -0.15) is 0 Å². The summed E-state index contributed by atoms with van der Waals surface area (Å²) in [6.07, 6.45) is 0. The van der Waals surface area contributed by atoms with E-state index in [1.165, 1.54) is 6.07 Å². The molecule has 1 atom stereocenters. The average Bonchev–Trinajstić information content (AvgIpc) is 3.13. The van der Waals surface area contributed by atoms with Crippen molar-refractivity contribution in [1.29, 1.82) is 0 Å². The zero-order valence-electron chi connectivity index (χ0n) is 20.6. The number of nitrogens with zero attached hydrogens (tertiary/aromatic N) is 3. The van der Waals surface area contributed by atoms with Crippen LogP contribution >= 0.6 is 34.8 Å². The van der Waals surface area contributed by atoms with Crippen molar-refractivity contribution in [2.24, 2.45) is 0 Å². The zero-order valence-corrected chi connectivity index (χ0v) is 22.9. The Balaban J connectivity index is 1.63. The molecule has 1 fully saturated rings. The predicted molar refractivity (Wildman–Crippen MR) is 149 cm³/mol. The van der Waals surface area contributed by atoms with Crippen molar-refractivity contribution >= 4 is 58.2 Å². The molecule has 0 aromatic heterocycles. The lowest BCUT2D eigenvalue weighted by molar-refractivity contribution is -0.130. The molecule has 38 heavy (non-hydrogen) atoms. The van der Waals surface area contributed by atoms with Crippen molar-refractivity contribution in [3.05, 3.63) is 98.5 Å². The summed E-state index contributed by atoms with van der Waals surface area (Å²) in [5, 5.41) is 3.83. The highest BCUT2D eigenvalue weighted by Crippen LogP contribution is 2.48. The van der Waals surface area contributed by atoms with Crippen LogP contribution in [0.25, 0.3) is 0 Å². The van der Waals surface area contributed by atoms with E-state index in [0.717, 1.165) is 31.1 Å². The van der Waals surface area contributed by atoms with Gasteiger partial charge in [0.2, 0.25) is 5.91 Å². The van der Waals surface area contributed by atoms with Crippen molar-refractivity contribution in [1.82, 2.24) is 15.1 Å². The molecule has 0 radical (unpaired) electrons. The quantitative estimate of drug-likeness (QED) is 0.459. The molecule has 0 aliphatic carbocycles. The molecule has 3 aromatic carbocycles. The fraction of sp³-hybridized carbons (Fsp3) is 0.250. The molecule has 1 unspecified atom stereocenters. The van der Waals surface area contributed by atoms with Gasteiger partial charge >= 0.3 is 0 Å². The smallest absolute Gasteiger partial charge is 0.269 e. The summed E-state index contributed by atoms with van der Waals surface area (Å²) in [5.41, 5.74) is -0.346. The minimum Gasteiger partial charge on any atom is -0.333 e. The van der Waals surface area contributed by atoms with Crippen LogP contribution in [0.15, 0.2) is 66.7 Å². The van der Waals surface area contributed by atoms with E-state index in [1.807, 2.05) is 11.9 Å². The zero-order chi connectivity index (χ0) is 27.0. The van der Waals surface area contributed by atoms with Crippen molar-refractivity contribution < 1.29 is 14.4 Å². The van der Waals surface area contributed by atoms with Crippen LogP contribution in [-0.4, -0.2) is 67.3 Å². The maximum absolute atomic E-state index is 14.4. The topological polar surface area (TPSA) is 73.0 Å². The number of imide groups is 1. The van der Waals surface area contributed by atoms with Crippen LogP contribution in [0.3, 0.4) is 0 Å². The number of piperazine rings is 1. The Morgan fingerprint density at radius 3 is 2.18 bits per heavy atom. The molecule has 10 heteroatoms. The molecular formula is C28H25Cl3N4O3. The number of hydrogen-bond donors (Lipinski definition) is 1. The first-order valence-corrected chi connectivity index (χ1v) is 13.3. The summed E-state index contributed by atoms with van der Waals surface area (Å²) >= 11 is 19.0. The van der Waals surface area contributed by atoms with E-state index >= 15 is 0 Å².